The van der Waals surface area contributed by atoms with Gasteiger partial charge in [0.1, 0.15) is 17.4 Å². The van der Waals surface area contributed by atoms with Crippen molar-refractivity contribution in [3.8, 4) is 0 Å². The van der Waals surface area contributed by atoms with E-state index in [1.165, 1.54) is 4.90 Å². The predicted molar refractivity (Wildman–Crippen MR) is 93.6 cm³/mol. The lowest BCUT2D eigenvalue weighted by atomic mass is 10.0. The Morgan fingerprint density at radius 2 is 2.16 bits per heavy atom. The number of hydrogen-bond donors (Lipinski definition) is 0. The van der Waals surface area contributed by atoms with Gasteiger partial charge in [0.05, 0.1) is 12.6 Å². The highest BCUT2D eigenvalue weighted by molar-refractivity contribution is 6.28. The van der Waals surface area contributed by atoms with Crippen LogP contribution in [0.1, 0.15) is 38.9 Å². The summed E-state index contributed by atoms with van der Waals surface area (Å²) in [4.78, 5) is 21.8. The maximum atomic E-state index is 14.9. The molecule has 136 valence electrons. The SMILES string of the molecule is Cc1cc2cnc(Cl)nc2n1[C@H]1CCN(C(=O)OC(C)(C)C)C[C@@H]1F. The van der Waals surface area contributed by atoms with Crippen LogP contribution in [0.25, 0.3) is 11.0 Å². The van der Waals surface area contributed by atoms with E-state index in [1.54, 1.807) is 27.0 Å². The summed E-state index contributed by atoms with van der Waals surface area (Å²) in [5.41, 5.74) is 0.918. The second kappa shape index (κ2) is 6.44. The van der Waals surface area contributed by atoms with Crippen LogP contribution in [-0.4, -0.2) is 50.4 Å². The molecule has 3 rings (SSSR count). The van der Waals surface area contributed by atoms with Gasteiger partial charge < -0.3 is 14.2 Å². The number of rotatable bonds is 1. The molecule has 1 fully saturated rings. The Bertz CT molecular complexity index is 802. The van der Waals surface area contributed by atoms with Gasteiger partial charge in [0.2, 0.25) is 5.28 Å². The Hall–Kier alpha value is -1.89. The normalized spacial score (nSPS) is 21.6. The first-order chi connectivity index (χ1) is 11.7. The van der Waals surface area contributed by atoms with Gasteiger partial charge in [0.25, 0.3) is 0 Å². The van der Waals surface area contributed by atoms with Gasteiger partial charge in [-0.15, -0.1) is 0 Å². The van der Waals surface area contributed by atoms with Gasteiger partial charge in [-0.2, -0.15) is 4.98 Å². The molecule has 0 unspecified atom stereocenters. The highest BCUT2D eigenvalue weighted by Crippen LogP contribution is 2.32. The largest absolute Gasteiger partial charge is 0.444 e. The molecule has 0 saturated carbocycles. The summed E-state index contributed by atoms with van der Waals surface area (Å²) >= 11 is 5.90. The van der Waals surface area contributed by atoms with Crippen LogP contribution in [0.2, 0.25) is 5.28 Å². The molecule has 0 N–H and O–H groups in total. The fraction of sp³-hybridized carbons (Fsp3) is 0.588. The molecule has 2 aromatic heterocycles. The lowest BCUT2D eigenvalue weighted by molar-refractivity contribution is 0.00694. The van der Waals surface area contributed by atoms with E-state index in [2.05, 4.69) is 9.97 Å². The fourth-order valence-corrected chi connectivity index (χ4v) is 3.34. The van der Waals surface area contributed by atoms with Gasteiger partial charge in [0, 0.05) is 23.8 Å². The summed E-state index contributed by atoms with van der Waals surface area (Å²) in [5, 5.41) is 0.956. The van der Waals surface area contributed by atoms with Crippen molar-refractivity contribution in [2.24, 2.45) is 0 Å². The van der Waals surface area contributed by atoms with Crippen molar-refractivity contribution in [1.82, 2.24) is 19.4 Å². The first-order valence-electron chi connectivity index (χ1n) is 8.28. The molecule has 0 radical (unpaired) electrons. The maximum absolute atomic E-state index is 14.9. The van der Waals surface area contributed by atoms with Crippen molar-refractivity contribution in [1.29, 1.82) is 0 Å². The van der Waals surface area contributed by atoms with E-state index in [4.69, 9.17) is 16.3 Å². The van der Waals surface area contributed by atoms with E-state index < -0.39 is 23.9 Å². The monoisotopic (exact) mass is 368 g/mol. The van der Waals surface area contributed by atoms with Gasteiger partial charge in [-0.25, -0.2) is 14.2 Å². The molecule has 25 heavy (non-hydrogen) atoms. The number of likely N-dealkylation sites (tertiary alicyclic amines) is 1. The number of carbonyl (C=O) groups excluding carboxylic acids is 1. The number of fused-ring (bicyclic) bond motifs is 1. The Balaban J connectivity index is 1.82. The van der Waals surface area contributed by atoms with E-state index >= 15 is 0 Å². The van der Waals surface area contributed by atoms with Crippen molar-refractivity contribution in [2.45, 2.75) is 51.9 Å². The van der Waals surface area contributed by atoms with Crippen molar-refractivity contribution in [2.75, 3.05) is 13.1 Å². The number of carbonyl (C=O) groups is 1. The van der Waals surface area contributed by atoms with Gasteiger partial charge in [-0.1, -0.05) is 0 Å². The molecule has 1 amide bonds. The lowest BCUT2D eigenvalue weighted by Crippen LogP contribution is -2.47. The Labute approximate surface area is 150 Å². The summed E-state index contributed by atoms with van der Waals surface area (Å²) in [6.45, 7) is 7.72. The van der Waals surface area contributed by atoms with Crippen LogP contribution < -0.4 is 0 Å². The molecule has 3 heterocycles. The minimum absolute atomic E-state index is 0.00247. The summed E-state index contributed by atoms with van der Waals surface area (Å²) in [5.74, 6) is 0. The van der Waals surface area contributed by atoms with Gasteiger partial charge in [-0.3, -0.25) is 0 Å². The average Bonchev–Trinajstić information content (AvgIpc) is 2.81. The van der Waals surface area contributed by atoms with E-state index in [0.29, 0.717) is 18.6 Å². The molecule has 0 spiro atoms. The third-order valence-corrected chi connectivity index (χ3v) is 4.41. The van der Waals surface area contributed by atoms with E-state index in [9.17, 15) is 9.18 Å². The van der Waals surface area contributed by atoms with Crippen molar-refractivity contribution in [3.05, 3.63) is 23.2 Å². The van der Waals surface area contributed by atoms with Crippen LogP contribution in [0.4, 0.5) is 9.18 Å². The quantitative estimate of drug-likeness (QED) is 0.716. The van der Waals surface area contributed by atoms with Gasteiger partial charge in [0.15, 0.2) is 0 Å². The molecular weight excluding hydrogens is 347 g/mol. The number of aryl methyl sites for hydroxylation is 1. The first-order valence-corrected chi connectivity index (χ1v) is 8.65. The molecule has 0 aliphatic carbocycles. The molecule has 1 aliphatic rings. The second-order valence-corrected chi connectivity index (χ2v) is 7.71. The van der Waals surface area contributed by atoms with Crippen LogP contribution in [0.15, 0.2) is 12.3 Å². The number of amides is 1. The molecule has 1 saturated heterocycles. The minimum atomic E-state index is -1.22. The summed E-state index contributed by atoms with van der Waals surface area (Å²) in [6, 6.07) is 1.51. The summed E-state index contributed by atoms with van der Waals surface area (Å²) in [7, 11) is 0. The zero-order chi connectivity index (χ0) is 18.4. The average molecular weight is 369 g/mol. The topological polar surface area (TPSA) is 60.2 Å². The smallest absolute Gasteiger partial charge is 0.410 e. The van der Waals surface area contributed by atoms with Crippen molar-refractivity contribution >= 4 is 28.7 Å². The van der Waals surface area contributed by atoms with E-state index in [0.717, 1.165) is 11.1 Å². The standard InChI is InChI=1S/C17H22ClFN4O2/c1-10-7-11-8-20-15(18)21-14(11)23(10)13-5-6-22(9-12(13)19)16(24)25-17(2,3)4/h7-8,12-13H,5-6,9H2,1-4H3/t12-,13-/m0/s1. The molecular formula is C17H22ClFN4O2. The molecule has 6 nitrogen and oxygen atoms in total. The number of alkyl halides is 1. The maximum Gasteiger partial charge on any atom is 0.410 e. The number of aromatic nitrogens is 3. The van der Waals surface area contributed by atoms with Crippen LogP contribution in [0.3, 0.4) is 0 Å². The third kappa shape index (κ3) is 3.71. The van der Waals surface area contributed by atoms with Gasteiger partial charge in [-0.05, 0) is 51.8 Å². The number of hydrogen-bond acceptors (Lipinski definition) is 4. The minimum Gasteiger partial charge on any atom is -0.444 e. The first kappa shape index (κ1) is 17.9. The second-order valence-electron chi connectivity index (χ2n) is 7.37. The van der Waals surface area contributed by atoms with E-state index in [-0.39, 0.29) is 11.8 Å². The Morgan fingerprint density at radius 3 is 2.80 bits per heavy atom. The highest BCUT2D eigenvalue weighted by atomic mass is 35.5. The summed E-state index contributed by atoms with van der Waals surface area (Å²) < 4.78 is 22.1. The zero-order valence-corrected chi connectivity index (χ0v) is 15.5. The molecule has 2 aromatic rings. The van der Waals surface area contributed by atoms with Crippen LogP contribution in [-0.2, 0) is 4.74 Å². The molecule has 8 heteroatoms. The van der Waals surface area contributed by atoms with Crippen LogP contribution >= 0.6 is 11.6 Å². The third-order valence-electron chi connectivity index (χ3n) is 4.23. The number of ether oxygens (including phenoxy) is 1. The van der Waals surface area contributed by atoms with Gasteiger partial charge >= 0.3 is 6.09 Å². The molecule has 2 atom stereocenters. The number of piperidine rings is 1. The van der Waals surface area contributed by atoms with E-state index in [1.807, 2.05) is 17.6 Å². The van der Waals surface area contributed by atoms with Crippen molar-refractivity contribution in [3.63, 3.8) is 0 Å². The molecule has 0 aromatic carbocycles. The van der Waals surface area contributed by atoms with Crippen molar-refractivity contribution < 1.29 is 13.9 Å². The summed E-state index contributed by atoms with van der Waals surface area (Å²) in [6.07, 6.45) is 0.418. The molecule has 1 aliphatic heterocycles. The Kier molecular flexibility index (Phi) is 4.62. The Morgan fingerprint density at radius 1 is 1.44 bits per heavy atom. The highest BCUT2D eigenvalue weighted by Gasteiger charge is 2.35. The molecule has 0 bridgehead atoms. The zero-order valence-electron chi connectivity index (χ0n) is 14.8. The van der Waals surface area contributed by atoms with Crippen LogP contribution in [0.5, 0.6) is 0 Å². The number of nitrogens with zero attached hydrogens (tertiary/aromatic N) is 4. The fourth-order valence-electron chi connectivity index (χ4n) is 3.21. The predicted octanol–water partition coefficient (Wildman–Crippen LogP) is 3.91. The van der Waals surface area contributed by atoms with Crippen LogP contribution in [0, 0.1) is 6.92 Å². The lowest BCUT2D eigenvalue weighted by Gasteiger charge is -2.36. The number of halogens is 2.